The molecule has 0 heterocycles. The van der Waals surface area contributed by atoms with Gasteiger partial charge < -0.3 is 16.2 Å². The molecule has 0 saturated heterocycles. The molecule has 1 aromatic carbocycles. The molecule has 1 aromatic rings. The quantitative estimate of drug-likeness (QED) is 0.789. The summed E-state index contributed by atoms with van der Waals surface area (Å²) in [5.74, 6) is 0.272. The van der Waals surface area contributed by atoms with Crippen molar-refractivity contribution in [2.75, 3.05) is 0 Å². The lowest BCUT2D eigenvalue weighted by molar-refractivity contribution is -0.124. The fourth-order valence-electron chi connectivity index (χ4n) is 1.91. The number of benzene rings is 1. The van der Waals surface area contributed by atoms with Crippen LogP contribution in [0.1, 0.15) is 37.8 Å². The average Bonchev–Trinajstić information content (AvgIpc) is 2.37. The molecule has 2 atom stereocenters. The third-order valence-electron chi connectivity index (χ3n) is 3.18. The molecule has 0 aliphatic heterocycles. The molecule has 0 radical (unpaired) electrons. The number of aryl methyl sites for hydroxylation is 1. The van der Waals surface area contributed by atoms with E-state index >= 15 is 0 Å². The van der Waals surface area contributed by atoms with Gasteiger partial charge in [-0.1, -0.05) is 31.5 Å². The third kappa shape index (κ3) is 4.56. The zero-order valence-electron chi connectivity index (χ0n) is 12.0. The van der Waals surface area contributed by atoms with Crippen molar-refractivity contribution >= 4 is 5.91 Å². The summed E-state index contributed by atoms with van der Waals surface area (Å²) in [6.07, 6.45) is 1.62. The van der Waals surface area contributed by atoms with E-state index in [1.165, 1.54) is 0 Å². The maximum absolute atomic E-state index is 11.3. The van der Waals surface area contributed by atoms with Gasteiger partial charge in [0.2, 0.25) is 0 Å². The van der Waals surface area contributed by atoms with Crippen LogP contribution in [0.4, 0.5) is 0 Å². The van der Waals surface area contributed by atoms with Crippen molar-refractivity contribution in [2.24, 2.45) is 11.5 Å². The molecule has 0 aromatic heterocycles. The minimum atomic E-state index is -0.584. The van der Waals surface area contributed by atoms with E-state index in [0.29, 0.717) is 12.2 Å². The van der Waals surface area contributed by atoms with Gasteiger partial charge in [0.15, 0.2) is 6.10 Å². The summed E-state index contributed by atoms with van der Waals surface area (Å²) in [5, 5.41) is 0. The minimum absolute atomic E-state index is 0.0952. The van der Waals surface area contributed by atoms with Gasteiger partial charge in [0.1, 0.15) is 5.75 Å². The van der Waals surface area contributed by atoms with Gasteiger partial charge in [-0.15, -0.1) is 0 Å². The van der Waals surface area contributed by atoms with E-state index in [-0.39, 0.29) is 6.04 Å². The Morgan fingerprint density at radius 3 is 2.53 bits per heavy atom. The van der Waals surface area contributed by atoms with Gasteiger partial charge in [-0.2, -0.15) is 0 Å². The van der Waals surface area contributed by atoms with Crippen molar-refractivity contribution in [3.8, 4) is 5.75 Å². The molecule has 0 saturated carbocycles. The zero-order chi connectivity index (χ0) is 14.4. The first-order valence-corrected chi connectivity index (χ1v) is 6.79. The van der Waals surface area contributed by atoms with Crippen LogP contribution in [0.2, 0.25) is 0 Å². The smallest absolute Gasteiger partial charge is 0.258 e. The highest BCUT2D eigenvalue weighted by Crippen LogP contribution is 2.23. The van der Waals surface area contributed by atoms with Gasteiger partial charge in [0, 0.05) is 6.04 Å². The van der Waals surface area contributed by atoms with Gasteiger partial charge in [0.05, 0.1) is 0 Å². The molecule has 0 spiro atoms. The van der Waals surface area contributed by atoms with Crippen LogP contribution in [0.15, 0.2) is 18.2 Å². The van der Waals surface area contributed by atoms with Crippen LogP contribution < -0.4 is 16.2 Å². The lowest BCUT2D eigenvalue weighted by atomic mass is 10.0. The number of nitrogens with two attached hydrogens (primary N) is 2. The third-order valence-corrected chi connectivity index (χ3v) is 3.18. The molecule has 106 valence electrons. The highest BCUT2D eigenvalue weighted by molar-refractivity contribution is 5.79. The Labute approximate surface area is 115 Å². The average molecular weight is 264 g/mol. The topological polar surface area (TPSA) is 78.3 Å². The predicted octanol–water partition coefficient (Wildman–Crippen LogP) is 1.92. The Kier molecular flexibility index (Phi) is 5.83. The second-order valence-corrected chi connectivity index (χ2v) is 4.90. The Balaban J connectivity index is 2.95. The van der Waals surface area contributed by atoms with E-state index in [1.807, 2.05) is 26.0 Å². The maximum atomic E-state index is 11.3. The molecule has 19 heavy (non-hydrogen) atoms. The van der Waals surface area contributed by atoms with Crippen LogP contribution >= 0.6 is 0 Å². The number of hydrogen-bond acceptors (Lipinski definition) is 3. The van der Waals surface area contributed by atoms with E-state index in [9.17, 15) is 4.79 Å². The van der Waals surface area contributed by atoms with E-state index in [1.54, 1.807) is 0 Å². The number of primary amides is 1. The summed E-state index contributed by atoms with van der Waals surface area (Å²) in [6, 6.07) is 6.00. The summed E-state index contributed by atoms with van der Waals surface area (Å²) >= 11 is 0. The molecule has 1 amide bonds. The molecule has 0 aliphatic carbocycles. The SMILES string of the molecule is CCC(N)Cc1cc(C)ccc1OC(CC)C(N)=O. The summed E-state index contributed by atoms with van der Waals surface area (Å²) in [4.78, 5) is 11.3. The van der Waals surface area contributed by atoms with E-state index in [2.05, 4.69) is 13.0 Å². The number of carbonyl (C=O) groups is 1. The van der Waals surface area contributed by atoms with Crippen molar-refractivity contribution < 1.29 is 9.53 Å². The molecule has 4 heteroatoms. The first-order valence-electron chi connectivity index (χ1n) is 6.79. The highest BCUT2D eigenvalue weighted by atomic mass is 16.5. The van der Waals surface area contributed by atoms with Crippen LogP contribution in [0.25, 0.3) is 0 Å². The Bertz CT molecular complexity index is 432. The van der Waals surface area contributed by atoms with Gasteiger partial charge in [0.25, 0.3) is 5.91 Å². The Morgan fingerprint density at radius 2 is 2.00 bits per heavy atom. The van der Waals surface area contributed by atoms with Crippen LogP contribution in [0.3, 0.4) is 0 Å². The lowest BCUT2D eigenvalue weighted by Crippen LogP contribution is -2.33. The van der Waals surface area contributed by atoms with Crippen LogP contribution in [-0.2, 0) is 11.2 Å². The lowest BCUT2D eigenvalue weighted by Gasteiger charge is -2.19. The summed E-state index contributed by atoms with van der Waals surface area (Å²) in [6.45, 7) is 5.95. The van der Waals surface area contributed by atoms with Gasteiger partial charge in [-0.05, 0) is 37.8 Å². The molecule has 4 nitrogen and oxygen atoms in total. The second-order valence-electron chi connectivity index (χ2n) is 4.90. The summed E-state index contributed by atoms with van der Waals surface area (Å²) in [5.41, 5.74) is 13.5. The van der Waals surface area contributed by atoms with Crippen molar-refractivity contribution in [3.05, 3.63) is 29.3 Å². The molecular weight excluding hydrogens is 240 g/mol. The van der Waals surface area contributed by atoms with Crippen molar-refractivity contribution in [2.45, 2.75) is 52.2 Å². The molecule has 0 bridgehead atoms. The molecular formula is C15H24N2O2. The van der Waals surface area contributed by atoms with Gasteiger partial charge in [-0.25, -0.2) is 0 Å². The Morgan fingerprint density at radius 1 is 1.32 bits per heavy atom. The normalized spacial score (nSPS) is 13.9. The molecule has 0 fully saturated rings. The standard InChI is InChI=1S/C15H24N2O2/c1-4-12(16)9-11-8-10(3)6-7-14(11)19-13(5-2)15(17)18/h6-8,12-13H,4-5,9,16H2,1-3H3,(H2,17,18). The first-order chi connectivity index (χ1) is 8.97. The predicted molar refractivity (Wildman–Crippen MR) is 77.1 cm³/mol. The van der Waals surface area contributed by atoms with Crippen molar-refractivity contribution in [3.63, 3.8) is 0 Å². The fourth-order valence-corrected chi connectivity index (χ4v) is 1.91. The maximum Gasteiger partial charge on any atom is 0.258 e. The molecule has 0 aliphatic rings. The number of ether oxygens (including phenoxy) is 1. The van der Waals surface area contributed by atoms with E-state index in [0.717, 1.165) is 24.0 Å². The largest absolute Gasteiger partial charge is 0.480 e. The first kappa shape index (κ1) is 15.5. The second kappa shape index (κ2) is 7.14. The van der Waals surface area contributed by atoms with Crippen LogP contribution in [-0.4, -0.2) is 18.1 Å². The summed E-state index contributed by atoms with van der Waals surface area (Å²) in [7, 11) is 0. The summed E-state index contributed by atoms with van der Waals surface area (Å²) < 4.78 is 5.73. The van der Waals surface area contributed by atoms with Crippen molar-refractivity contribution in [1.82, 2.24) is 0 Å². The fraction of sp³-hybridized carbons (Fsp3) is 0.533. The Hall–Kier alpha value is -1.55. The number of amides is 1. The molecule has 4 N–H and O–H groups in total. The zero-order valence-corrected chi connectivity index (χ0v) is 12.0. The monoisotopic (exact) mass is 264 g/mol. The highest BCUT2D eigenvalue weighted by Gasteiger charge is 2.17. The molecule has 2 unspecified atom stereocenters. The number of hydrogen-bond donors (Lipinski definition) is 2. The van der Waals surface area contributed by atoms with Crippen LogP contribution in [0, 0.1) is 6.92 Å². The van der Waals surface area contributed by atoms with E-state index < -0.39 is 12.0 Å². The van der Waals surface area contributed by atoms with Crippen molar-refractivity contribution in [1.29, 1.82) is 0 Å². The number of rotatable bonds is 7. The van der Waals surface area contributed by atoms with Crippen LogP contribution in [0.5, 0.6) is 5.75 Å². The van der Waals surface area contributed by atoms with Gasteiger partial charge in [-0.3, -0.25) is 4.79 Å². The van der Waals surface area contributed by atoms with Gasteiger partial charge >= 0.3 is 0 Å². The molecule has 1 rings (SSSR count). The number of carbonyl (C=O) groups excluding carboxylic acids is 1. The van der Waals surface area contributed by atoms with E-state index in [4.69, 9.17) is 16.2 Å². The minimum Gasteiger partial charge on any atom is -0.480 e.